The molecule has 2 aromatic carbocycles. The van der Waals surface area contributed by atoms with Gasteiger partial charge in [0.1, 0.15) is 5.75 Å². The summed E-state index contributed by atoms with van der Waals surface area (Å²) in [4.78, 5) is 2.37. The second-order valence-corrected chi connectivity index (χ2v) is 6.10. The molecule has 22 heavy (non-hydrogen) atoms. The molecule has 116 valence electrons. The summed E-state index contributed by atoms with van der Waals surface area (Å²) in [5.41, 5.74) is 11.5. The van der Waals surface area contributed by atoms with Crippen LogP contribution in [0.3, 0.4) is 0 Å². The Morgan fingerprint density at radius 2 is 2.00 bits per heavy atom. The average molecular weight is 296 g/mol. The maximum Gasteiger partial charge on any atom is 0.119 e. The van der Waals surface area contributed by atoms with Crippen molar-refractivity contribution in [1.82, 2.24) is 4.90 Å². The third-order valence-electron chi connectivity index (χ3n) is 4.79. The first-order valence-electron chi connectivity index (χ1n) is 7.79. The van der Waals surface area contributed by atoms with Gasteiger partial charge < -0.3 is 10.5 Å². The molecule has 2 N–H and O–H groups in total. The van der Waals surface area contributed by atoms with Gasteiger partial charge in [-0.05, 0) is 48.4 Å². The fourth-order valence-corrected chi connectivity index (χ4v) is 3.64. The van der Waals surface area contributed by atoms with E-state index < -0.39 is 0 Å². The molecular weight excluding hydrogens is 272 g/mol. The van der Waals surface area contributed by atoms with E-state index in [-0.39, 0.29) is 0 Å². The molecule has 2 atom stereocenters. The minimum absolute atomic E-state index is 0.304. The Kier molecular flexibility index (Phi) is 4.19. The molecule has 0 saturated carbocycles. The monoisotopic (exact) mass is 296 g/mol. The summed E-state index contributed by atoms with van der Waals surface area (Å²) in [6.07, 6.45) is 0. The number of hydrogen-bond donors (Lipinski definition) is 1. The van der Waals surface area contributed by atoms with Gasteiger partial charge in [-0.25, -0.2) is 0 Å². The minimum atomic E-state index is 0.304. The number of methoxy groups -OCH3 is 1. The summed E-state index contributed by atoms with van der Waals surface area (Å²) in [6.45, 7) is 3.81. The number of nitrogens with zero attached hydrogens (tertiary/aromatic N) is 1. The quantitative estimate of drug-likeness (QED) is 0.946. The highest BCUT2D eigenvalue weighted by molar-refractivity contribution is 5.47. The average Bonchev–Trinajstić information content (AvgIpc) is 2.55. The Labute approximate surface area is 132 Å². The summed E-state index contributed by atoms with van der Waals surface area (Å²) in [5.74, 6) is 1.27. The Hall–Kier alpha value is -1.84. The van der Waals surface area contributed by atoms with Crippen molar-refractivity contribution in [2.45, 2.75) is 18.9 Å². The van der Waals surface area contributed by atoms with E-state index in [9.17, 15) is 0 Å². The molecule has 0 aliphatic carbocycles. The van der Waals surface area contributed by atoms with Crippen LogP contribution in [0.2, 0.25) is 0 Å². The zero-order chi connectivity index (χ0) is 15.7. The van der Waals surface area contributed by atoms with E-state index in [1.807, 2.05) is 6.07 Å². The SMILES string of the molecule is COc1cccc(C2CN(C)C(CN)c3c(C)cccc32)c1. The third kappa shape index (κ3) is 2.51. The molecular formula is C19H24N2O. The molecule has 3 rings (SSSR count). The van der Waals surface area contributed by atoms with E-state index in [0.717, 1.165) is 12.3 Å². The maximum absolute atomic E-state index is 6.05. The van der Waals surface area contributed by atoms with Crippen molar-refractivity contribution in [3.8, 4) is 5.75 Å². The molecule has 0 aromatic heterocycles. The molecule has 0 saturated heterocycles. The van der Waals surface area contributed by atoms with Crippen LogP contribution in [-0.2, 0) is 0 Å². The Morgan fingerprint density at radius 1 is 1.23 bits per heavy atom. The first kappa shape index (κ1) is 15.1. The number of likely N-dealkylation sites (N-methyl/N-ethyl adjacent to an activating group) is 1. The number of rotatable bonds is 3. The molecule has 1 aliphatic heterocycles. The van der Waals surface area contributed by atoms with Crippen LogP contribution in [0.15, 0.2) is 42.5 Å². The number of aryl methyl sites for hydroxylation is 1. The summed E-state index contributed by atoms with van der Waals surface area (Å²) >= 11 is 0. The zero-order valence-corrected chi connectivity index (χ0v) is 13.5. The van der Waals surface area contributed by atoms with E-state index in [2.05, 4.69) is 55.3 Å². The molecule has 0 amide bonds. The van der Waals surface area contributed by atoms with E-state index in [1.165, 1.54) is 22.3 Å². The zero-order valence-electron chi connectivity index (χ0n) is 13.5. The molecule has 1 heterocycles. The highest BCUT2D eigenvalue weighted by Gasteiger charge is 2.32. The minimum Gasteiger partial charge on any atom is -0.497 e. The van der Waals surface area contributed by atoms with Gasteiger partial charge in [-0.3, -0.25) is 4.90 Å². The molecule has 1 aliphatic rings. The number of ether oxygens (including phenoxy) is 1. The van der Waals surface area contributed by atoms with Gasteiger partial charge in [0.15, 0.2) is 0 Å². The van der Waals surface area contributed by atoms with Gasteiger partial charge in [0.2, 0.25) is 0 Å². The number of fused-ring (bicyclic) bond motifs is 1. The van der Waals surface area contributed by atoms with Crippen molar-refractivity contribution in [3.05, 3.63) is 64.7 Å². The molecule has 2 unspecified atom stereocenters. The summed E-state index contributed by atoms with van der Waals surface area (Å²) < 4.78 is 5.39. The Morgan fingerprint density at radius 3 is 2.73 bits per heavy atom. The standard InChI is InChI=1S/C19H24N2O/c1-13-6-4-9-16-17(12-21(2)18(11-20)19(13)16)14-7-5-8-15(10-14)22-3/h4-10,17-18H,11-12,20H2,1-3H3. The smallest absolute Gasteiger partial charge is 0.119 e. The van der Waals surface area contributed by atoms with Crippen LogP contribution in [0.1, 0.15) is 34.2 Å². The summed E-state index contributed by atoms with van der Waals surface area (Å²) in [7, 11) is 3.88. The first-order chi connectivity index (χ1) is 10.7. The van der Waals surface area contributed by atoms with Crippen molar-refractivity contribution >= 4 is 0 Å². The predicted molar refractivity (Wildman–Crippen MR) is 90.4 cm³/mol. The third-order valence-corrected chi connectivity index (χ3v) is 4.79. The van der Waals surface area contributed by atoms with Gasteiger partial charge >= 0.3 is 0 Å². The van der Waals surface area contributed by atoms with Crippen molar-refractivity contribution in [2.75, 3.05) is 27.2 Å². The topological polar surface area (TPSA) is 38.5 Å². The van der Waals surface area contributed by atoms with Crippen LogP contribution in [0.4, 0.5) is 0 Å². The van der Waals surface area contributed by atoms with E-state index in [4.69, 9.17) is 10.5 Å². The van der Waals surface area contributed by atoms with Crippen molar-refractivity contribution in [3.63, 3.8) is 0 Å². The second-order valence-electron chi connectivity index (χ2n) is 6.10. The lowest BCUT2D eigenvalue weighted by atomic mass is 9.80. The van der Waals surface area contributed by atoms with Crippen LogP contribution in [0, 0.1) is 6.92 Å². The molecule has 0 radical (unpaired) electrons. The van der Waals surface area contributed by atoms with Crippen LogP contribution >= 0.6 is 0 Å². The van der Waals surface area contributed by atoms with Gasteiger partial charge in [-0.15, -0.1) is 0 Å². The fourth-order valence-electron chi connectivity index (χ4n) is 3.64. The Balaban J connectivity index is 2.12. The van der Waals surface area contributed by atoms with Crippen LogP contribution < -0.4 is 10.5 Å². The molecule has 0 spiro atoms. The lowest BCUT2D eigenvalue weighted by Gasteiger charge is -2.40. The van der Waals surface area contributed by atoms with Gasteiger partial charge in [0, 0.05) is 25.0 Å². The number of nitrogens with two attached hydrogens (primary N) is 1. The number of benzene rings is 2. The largest absolute Gasteiger partial charge is 0.497 e. The molecule has 3 heteroatoms. The lowest BCUT2D eigenvalue weighted by Crippen LogP contribution is -2.39. The normalized spacial score (nSPS) is 21.5. The van der Waals surface area contributed by atoms with E-state index in [1.54, 1.807) is 7.11 Å². The second kappa shape index (κ2) is 6.11. The predicted octanol–water partition coefficient (Wildman–Crippen LogP) is 3.08. The van der Waals surface area contributed by atoms with Crippen LogP contribution in [0.5, 0.6) is 5.75 Å². The molecule has 2 aromatic rings. The fraction of sp³-hybridized carbons (Fsp3) is 0.368. The highest BCUT2D eigenvalue weighted by Crippen LogP contribution is 2.40. The first-order valence-corrected chi connectivity index (χ1v) is 7.79. The Bertz CT molecular complexity index is 668. The number of hydrogen-bond acceptors (Lipinski definition) is 3. The molecule has 0 bridgehead atoms. The maximum atomic E-state index is 6.05. The van der Waals surface area contributed by atoms with Gasteiger partial charge in [-0.2, -0.15) is 0 Å². The van der Waals surface area contributed by atoms with Crippen LogP contribution in [0.25, 0.3) is 0 Å². The lowest BCUT2D eigenvalue weighted by molar-refractivity contribution is 0.222. The van der Waals surface area contributed by atoms with Crippen molar-refractivity contribution < 1.29 is 4.74 Å². The summed E-state index contributed by atoms with van der Waals surface area (Å²) in [6, 6.07) is 15.3. The van der Waals surface area contributed by atoms with Gasteiger partial charge in [0.25, 0.3) is 0 Å². The van der Waals surface area contributed by atoms with Crippen LogP contribution in [-0.4, -0.2) is 32.1 Å². The molecule has 0 fully saturated rings. The van der Waals surface area contributed by atoms with Gasteiger partial charge in [-0.1, -0.05) is 30.3 Å². The van der Waals surface area contributed by atoms with E-state index in [0.29, 0.717) is 18.5 Å². The van der Waals surface area contributed by atoms with Crippen molar-refractivity contribution in [1.29, 1.82) is 0 Å². The van der Waals surface area contributed by atoms with E-state index >= 15 is 0 Å². The highest BCUT2D eigenvalue weighted by atomic mass is 16.5. The van der Waals surface area contributed by atoms with Gasteiger partial charge in [0.05, 0.1) is 7.11 Å². The van der Waals surface area contributed by atoms with Crippen molar-refractivity contribution in [2.24, 2.45) is 5.73 Å². The molecule has 3 nitrogen and oxygen atoms in total. The summed E-state index contributed by atoms with van der Waals surface area (Å²) in [5, 5.41) is 0.